The SMILES string of the molecule is CCO[Si](CCCCC/C(=C\c1ccc(OC)c(OC)c1)C(=O)O)(OCC)OCC. The molecule has 0 amide bonds. The lowest BCUT2D eigenvalue weighted by molar-refractivity contribution is -0.132. The Balaban J connectivity index is 2.69. The van der Waals surface area contributed by atoms with E-state index in [0.29, 0.717) is 43.3 Å². The Bertz CT molecular complexity index is 658. The van der Waals surface area contributed by atoms with Crippen molar-refractivity contribution in [3.05, 3.63) is 29.3 Å². The van der Waals surface area contributed by atoms with Gasteiger partial charge in [-0.2, -0.15) is 0 Å². The Kier molecular flexibility index (Phi) is 12.4. The number of unbranched alkanes of at least 4 members (excludes halogenated alkanes) is 2. The summed E-state index contributed by atoms with van der Waals surface area (Å²) in [6.07, 6.45) is 4.67. The van der Waals surface area contributed by atoms with E-state index in [1.807, 2.05) is 26.8 Å². The van der Waals surface area contributed by atoms with Gasteiger partial charge in [-0.3, -0.25) is 0 Å². The summed E-state index contributed by atoms with van der Waals surface area (Å²) in [5.74, 6) is 0.267. The second kappa shape index (κ2) is 14.2. The van der Waals surface area contributed by atoms with Gasteiger partial charge in [0.1, 0.15) is 0 Å². The van der Waals surface area contributed by atoms with Crippen molar-refractivity contribution >= 4 is 20.8 Å². The molecule has 8 heteroatoms. The molecule has 0 spiro atoms. The van der Waals surface area contributed by atoms with Gasteiger partial charge in [0.25, 0.3) is 0 Å². The number of benzene rings is 1. The molecule has 1 aromatic carbocycles. The van der Waals surface area contributed by atoms with Crippen LogP contribution in [0.5, 0.6) is 11.5 Å². The minimum absolute atomic E-state index is 0.366. The number of methoxy groups -OCH3 is 2. The molecular formula is C22H36O7Si. The molecule has 0 radical (unpaired) electrons. The highest BCUT2D eigenvalue weighted by atomic mass is 28.4. The third kappa shape index (κ3) is 8.47. The first-order chi connectivity index (χ1) is 14.4. The maximum atomic E-state index is 11.7. The van der Waals surface area contributed by atoms with Gasteiger partial charge in [0, 0.05) is 31.4 Å². The van der Waals surface area contributed by atoms with Crippen LogP contribution in [0.1, 0.15) is 52.0 Å². The number of carboxylic acids is 1. The third-order valence-corrected chi connectivity index (χ3v) is 7.70. The van der Waals surface area contributed by atoms with Crippen LogP contribution >= 0.6 is 0 Å². The fourth-order valence-corrected chi connectivity index (χ4v) is 5.91. The van der Waals surface area contributed by atoms with Crippen LogP contribution in [-0.4, -0.2) is 53.9 Å². The maximum absolute atomic E-state index is 11.7. The molecule has 0 heterocycles. The molecule has 170 valence electrons. The smallest absolute Gasteiger partial charge is 0.493 e. The normalized spacial score (nSPS) is 12.1. The van der Waals surface area contributed by atoms with Crippen molar-refractivity contribution in [1.29, 1.82) is 0 Å². The fraction of sp³-hybridized carbons (Fsp3) is 0.591. The fourth-order valence-electron chi connectivity index (χ4n) is 3.22. The van der Waals surface area contributed by atoms with E-state index in [1.54, 1.807) is 32.4 Å². The van der Waals surface area contributed by atoms with E-state index < -0.39 is 14.8 Å². The predicted octanol–water partition coefficient (Wildman–Crippen LogP) is 4.78. The van der Waals surface area contributed by atoms with Gasteiger partial charge in [0.05, 0.1) is 14.2 Å². The average Bonchev–Trinajstić information content (AvgIpc) is 2.73. The molecule has 0 saturated heterocycles. The van der Waals surface area contributed by atoms with Crippen molar-refractivity contribution in [1.82, 2.24) is 0 Å². The van der Waals surface area contributed by atoms with Crippen molar-refractivity contribution in [3.63, 3.8) is 0 Å². The third-order valence-electron chi connectivity index (χ3n) is 4.55. The first kappa shape index (κ1) is 26.2. The molecule has 1 aromatic rings. The Morgan fingerprint density at radius 2 is 1.53 bits per heavy atom. The molecular weight excluding hydrogens is 404 g/mol. The standard InChI is InChI=1S/C22H36O7Si/c1-6-27-30(28-7-2,29-8-3)15-11-9-10-12-19(22(23)24)16-18-13-14-20(25-4)21(17-18)26-5/h13-14,16-17H,6-12,15H2,1-5H3,(H,23,24)/b19-16+. The number of ether oxygens (including phenoxy) is 2. The molecule has 0 aliphatic carbocycles. The van der Waals surface area contributed by atoms with Crippen molar-refractivity contribution < 1.29 is 32.7 Å². The average molecular weight is 441 g/mol. The molecule has 0 atom stereocenters. The predicted molar refractivity (Wildman–Crippen MR) is 119 cm³/mol. The number of carbonyl (C=O) groups is 1. The van der Waals surface area contributed by atoms with Gasteiger partial charge in [-0.15, -0.1) is 0 Å². The molecule has 0 bridgehead atoms. The molecule has 0 saturated carbocycles. The molecule has 7 nitrogen and oxygen atoms in total. The molecule has 0 fully saturated rings. The molecule has 0 unspecified atom stereocenters. The van der Waals surface area contributed by atoms with Crippen LogP contribution in [0.3, 0.4) is 0 Å². The highest BCUT2D eigenvalue weighted by molar-refractivity contribution is 6.60. The lowest BCUT2D eigenvalue weighted by atomic mass is 10.0. The van der Waals surface area contributed by atoms with E-state index in [4.69, 9.17) is 22.8 Å². The van der Waals surface area contributed by atoms with Crippen LogP contribution in [0.4, 0.5) is 0 Å². The van der Waals surface area contributed by atoms with Crippen LogP contribution in [0.25, 0.3) is 6.08 Å². The minimum Gasteiger partial charge on any atom is -0.493 e. The van der Waals surface area contributed by atoms with Gasteiger partial charge in [-0.05, 0) is 63.8 Å². The van der Waals surface area contributed by atoms with Gasteiger partial charge in [0.15, 0.2) is 11.5 Å². The van der Waals surface area contributed by atoms with Gasteiger partial charge >= 0.3 is 14.8 Å². The van der Waals surface area contributed by atoms with Gasteiger partial charge in [-0.1, -0.05) is 12.5 Å². The zero-order valence-electron chi connectivity index (χ0n) is 18.9. The monoisotopic (exact) mass is 440 g/mol. The molecule has 1 rings (SSSR count). The Morgan fingerprint density at radius 1 is 0.933 bits per heavy atom. The largest absolute Gasteiger partial charge is 0.500 e. The minimum atomic E-state index is -2.63. The summed E-state index contributed by atoms with van der Waals surface area (Å²) in [5, 5.41) is 9.58. The zero-order chi connectivity index (χ0) is 22.4. The molecule has 0 aromatic heterocycles. The summed E-state index contributed by atoms with van der Waals surface area (Å²) in [6, 6.07) is 6.10. The van der Waals surface area contributed by atoms with Gasteiger partial charge in [-0.25, -0.2) is 4.79 Å². The molecule has 0 aliphatic heterocycles. The van der Waals surface area contributed by atoms with E-state index in [9.17, 15) is 9.90 Å². The topological polar surface area (TPSA) is 83.5 Å². The summed E-state index contributed by atoms with van der Waals surface area (Å²) < 4.78 is 28.1. The second-order valence-electron chi connectivity index (χ2n) is 6.63. The Morgan fingerprint density at radius 3 is 2.03 bits per heavy atom. The second-order valence-corrected chi connectivity index (χ2v) is 9.36. The number of hydrogen-bond donors (Lipinski definition) is 1. The van der Waals surface area contributed by atoms with E-state index in [0.717, 1.165) is 30.9 Å². The van der Waals surface area contributed by atoms with E-state index >= 15 is 0 Å². The van der Waals surface area contributed by atoms with Crippen molar-refractivity contribution in [2.45, 2.75) is 52.5 Å². The number of hydrogen-bond acceptors (Lipinski definition) is 6. The quantitative estimate of drug-likeness (QED) is 0.225. The summed E-state index contributed by atoms with van der Waals surface area (Å²) in [4.78, 5) is 11.7. The van der Waals surface area contributed by atoms with E-state index in [-0.39, 0.29) is 0 Å². The van der Waals surface area contributed by atoms with Crippen LogP contribution in [0.2, 0.25) is 6.04 Å². The molecule has 1 N–H and O–H groups in total. The summed E-state index contributed by atoms with van der Waals surface area (Å²) in [5.41, 5.74) is 1.13. The highest BCUT2D eigenvalue weighted by Crippen LogP contribution is 2.29. The lowest BCUT2D eigenvalue weighted by Crippen LogP contribution is -2.45. The first-order valence-corrected chi connectivity index (χ1v) is 12.5. The van der Waals surface area contributed by atoms with Crippen molar-refractivity contribution in [3.8, 4) is 11.5 Å². The Labute approximate surface area is 181 Å². The summed E-state index contributed by atoms with van der Waals surface area (Å²) in [7, 11) is 0.489. The van der Waals surface area contributed by atoms with Gasteiger partial charge in [0.2, 0.25) is 0 Å². The van der Waals surface area contributed by atoms with E-state index in [1.165, 1.54) is 0 Å². The van der Waals surface area contributed by atoms with Crippen LogP contribution in [0.15, 0.2) is 23.8 Å². The van der Waals surface area contributed by atoms with Crippen LogP contribution in [-0.2, 0) is 18.1 Å². The van der Waals surface area contributed by atoms with Crippen LogP contribution < -0.4 is 9.47 Å². The van der Waals surface area contributed by atoms with Crippen molar-refractivity contribution in [2.75, 3.05) is 34.0 Å². The lowest BCUT2D eigenvalue weighted by Gasteiger charge is -2.28. The highest BCUT2D eigenvalue weighted by Gasteiger charge is 2.39. The number of aliphatic carboxylic acids is 1. The summed E-state index contributed by atoms with van der Waals surface area (Å²) >= 11 is 0. The zero-order valence-corrected chi connectivity index (χ0v) is 19.9. The van der Waals surface area contributed by atoms with Crippen molar-refractivity contribution in [2.24, 2.45) is 0 Å². The molecule has 0 aliphatic rings. The van der Waals surface area contributed by atoms with E-state index in [2.05, 4.69) is 0 Å². The number of rotatable bonds is 16. The van der Waals surface area contributed by atoms with Crippen LogP contribution in [0, 0.1) is 0 Å². The van der Waals surface area contributed by atoms with Gasteiger partial charge < -0.3 is 27.9 Å². The first-order valence-electron chi connectivity index (χ1n) is 10.5. The summed E-state index contributed by atoms with van der Waals surface area (Å²) in [6.45, 7) is 7.50. The number of carboxylic acid groups (broad SMARTS) is 1. The molecule has 30 heavy (non-hydrogen) atoms. The maximum Gasteiger partial charge on any atom is 0.500 e. The Hall–Kier alpha value is -1.87.